The van der Waals surface area contributed by atoms with Crippen LogP contribution in [0.15, 0.2) is 18.3 Å². The lowest BCUT2D eigenvalue weighted by molar-refractivity contribution is -0.125. The van der Waals surface area contributed by atoms with Crippen LogP contribution < -0.4 is 10.2 Å². The molecule has 0 bridgehead atoms. The minimum Gasteiger partial charge on any atom is -0.389 e. The minimum atomic E-state index is -0.687. The number of ether oxygens (including phenoxy) is 1. The summed E-state index contributed by atoms with van der Waals surface area (Å²) in [5.74, 6) is -0.113. The Bertz CT molecular complexity index is 440. The van der Waals surface area contributed by atoms with Gasteiger partial charge in [0.1, 0.15) is 18.2 Å². The van der Waals surface area contributed by atoms with Gasteiger partial charge in [0, 0.05) is 20.2 Å². The summed E-state index contributed by atoms with van der Waals surface area (Å²) in [5, 5.41) is 12.6. The standard InChI is InChI=1S/C12H16FN3O3/c1-19-7-12(18)15-9-5-16(6-10(9)17)11-3-2-8(13)4-14-11/h2-4,9-10,17H,5-7H2,1H3,(H,15,18)/t9-,10-/m1/s1. The number of methoxy groups -OCH3 is 1. The average molecular weight is 269 g/mol. The highest BCUT2D eigenvalue weighted by atomic mass is 19.1. The Balaban J connectivity index is 1.97. The van der Waals surface area contributed by atoms with Crippen LogP contribution in [0.4, 0.5) is 10.2 Å². The van der Waals surface area contributed by atoms with Crippen molar-refractivity contribution in [3.05, 3.63) is 24.1 Å². The number of halogens is 1. The van der Waals surface area contributed by atoms with E-state index in [4.69, 9.17) is 4.74 Å². The molecule has 6 nitrogen and oxygen atoms in total. The van der Waals surface area contributed by atoms with Gasteiger partial charge in [-0.3, -0.25) is 4.79 Å². The van der Waals surface area contributed by atoms with E-state index in [-0.39, 0.29) is 18.6 Å². The largest absolute Gasteiger partial charge is 0.389 e. The van der Waals surface area contributed by atoms with Crippen molar-refractivity contribution in [3.8, 4) is 0 Å². The van der Waals surface area contributed by atoms with E-state index >= 15 is 0 Å². The summed E-state index contributed by atoms with van der Waals surface area (Å²) >= 11 is 0. The van der Waals surface area contributed by atoms with E-state index in [1.54, 1.807) is 11.0 Å². The van der Waals surface area contributed by atoms with E-state index in [0.29, 0.717) is 18.9 Å². The van der Waals surface area contributed by atoms with Crippen LogP contribution in [0.25, 0.3) is 0 Å². The van der Waals surface area contributed by atoms with E-state index in [1.807, 2.05) is 0 Å². The molecule has 0 spiro atoms. The number of hydrogen-bond acceptors (Lipinski definition) is 5. The number of pyridine rings is 1. The third-order valence-corrected chi connectivity index (χ3v) is 2.95. The summed E-state index contributed by atoms with van der Waals surface area (Å²) in [6, 6.07) is 2.47. The number of rotatable bonds is 4. The monoisotopic (exact) mass is 269 g/mol. The summed E-state index contributed by atoms with van der Waals surface area (Å²) in [5.41, 5.74) is 0. The Labute approximate surface area is 110 Å². The Morgan fingerprint density at radius 1 is 1.63 bits per heavy atom. The number of amides is 1. The molecule has 1 aliphatic rings. The normalized spacial score (nSPS) is 22.6. The number of aromatic nitrogens is 1. The summed E-state index contributed by atoms with van der Waals surface area (Å²) < 4.78 is 17.5. The lowest BCUT2D eigenvalue weighted by Crippen LogP contribution is -2.44. The van der Waals surface area contributed by atoms with Gasteiger partial charge >= 0.3 is 0 Å². The zero-order chi connectivity index (χ0) is 13.8. The second-order valence-electron chi connectivity index (χ2n) is 4.41. The summed E-state index contributed by atoms with van der Waals surface area (Å²) in [6.45, 7) is 0.726. The maximum absolute atomic E-state index is 12.8. The van der Waals surface area contributed by atoms with Gasteiger partial charge in [0.15, 0.2) is 0 Å². The van der Waals surface area contributed by atoms with E-state index < -0.39 is 11.9 Å². The first-order valence-corrected chi connectivity index (χ1v) is 5.93. The lowest BCUT2D eigenvalue weighted by atomic mass is 10.2. The fourth-order valence-electron chi connectivity index (χ4n) is 2.05. The number of aliphatic hydroxyl groups excluding tert-OH is 1. The molecule has 1 aromatic heterocycles. The van der Waals surface area contributed by atoms with Gasteiger partial charge in [-0.05, 0) is 12.1 Å². The van der Waals surface area contributed by atoms with Crippen molar-refractivity contribution >= 4 is 11.7 Å². The molecule has 19 heavy (non-hydrogen) atoms. The number of nitrogens with zero attached hydrogens (tertiary/aromatic N) is 2. The molecule has 0 aliphatic carbocycles. The molecule has 1 saturated heterocycles. The maximum Gasteiger partial charge on any atom is 0.246 e. The third kappa shape index (κ3) is 3.39. The number of anilines is 1. The van der Waals surface area contributed by atoms with Gasteiger partial charge in [-0.25, -0.2) is 9.37 Å². The van der Waals surface area contributed by atoms with Crippen molar-refractivity contribution in [2.75, 3.05) is 31.7 Å². The molecule has 7 heteroatoms. The summed E-state index contributed by atoms with van der Waals surface area (Å²) in [4.78, 5) is 17.1. The van der Waals surface area contributed by atoms with Crippen molar-refractivity contribution in [2.45, 2.75) is 12.1 Å². The Hall–Kier alpha value is -1.73. The maximum atomic E-state index is 12.8. The molecular weight excluding hydrogens is 253 g/mol. The highest BCUT2D eigenvalue weighted by molar-refractivity contribution is 5.77. The first-order chi connectivity index (χ1) is 9.10. The highest BCUT2D eigenvalue weighted by Gasteiger charge is 2.32. The molecule has 0 saturated carbocycles. The van der Waals surface area contributed by atoms with E-state index in [9.17, 15) is 14.3 Å². The zero-order valence-corrected chi connectivity index (χ0v) is 10.5. The van der Waals surface area contributed by atoms with Crippen LogP contribution in [0.2, 0.25) is 0 Å². The van der Waals surface area contributed by atoms with Crippen LogP contribution in [-0.2, 0) is 9.53 Å². The van der Waals surface area contributed by atoms with Crippen molar-refractivity contribution in [3.63, 3.8) is 0 Å². The molecule has 1 aliphatic heterocycles. The number of β-amino-alcohol motifs (C(OH)–C–C–N with tert-alkyl or cyclic N) is 1. The first-order valence-electron chi connectivity index (χ1n) is 5.93. The van der Waals surface area contributed by atoms with Crippen LogP contribution in [0, 0.1) is 5.82 Å². The van der Waals surface area contributed by atoms with E-state index in [0.717, 1.165) is 6.20 Å². The Morgan fingerprint density at radius 3 is 3.05 bits per heavy atom. The fourth-order valence-corrected chi connectivity index (χ4v) is 2.05. The third-order valence-electron chi connectivity index (χ3n) is 2.95. The summed E-state index contributed by atoms with van der Waals surface area (Å²) in [6.07, 6.45) is 0.436. The van der Waals surface area contributed by atoms with Gasteiger partial charge in [-0.2, -0.15) is 0 Å². The molecule has 0 aromatic carbocycles. The SMILES string of the molecule is COCC(=O)N[C@@H]1CN(c2ccc(F)cn2)C[C@H]1O. The predicted octanol–water partition coefficient (Wildman–Crippen LogP) is -0.467. The van der Waals surface area contributed by atoms with Gasteiger partial charge in [0.2, 0.25) is 5.91 Å². The zero-order valence-electron chi connectivity index (χ0n) is 10.5. The highest BCUT2D eigenvalue weighted by Crippen LogP contribution is 2.18. The Kier molecular flexibility index (Phi) is 4.28. The van der Waals surface area contributed by atoms with Gasteiger partial charge in [-0.15, -0.1) is 0 Å². The first kappa shape index (κ1) is 13.7. The van der Waals surface area contributed by atoms with Crippen LogP contribution >= 0.6 is 0 Å². The van der Waals surface area contributed by atoms with Gasteiger partial charge in [0.05, 0.1) is 18.3 Å². The number of aliphatic hydroxyl groups is 1. The summed E-state index contributed by atoms with van der Waals surface area (Å²) in [7, 11) is 1.43. The molecule has 0 radical (unpaired) electrons. The smallest absolute Gasteiger partial charge is 0.246 e. The molecular formula is C12H16FN3O3. The van der Waals surface area contributed by atoms with E-state index in [2.05, 4.69) is 10.3 Å². The molecule has 2 N–H and O–H groups in total. The second-order valence-corrected chi connectivity index (χ2v) is 4.41. The molecule has 1 aromatic rings. The van der Waals surface area contributed by atoms with Gasteiger partial charge in [0.25, 0.3) is 0 Å². The van der Waals surface area contributed by atoms with Gasteiger partial charge < -0.3 is 20.1 Å². The quantitative estimate of drug-likeness (QED) is 0.773. The predicted molar refractivity (Wildman–Crippen MR) is 66.2 cm³/mol. The molecule has 2 rings (SSSR count). The minimum absolute atomic E-state index is 0.0436. The molecule has 2 atom stereocenters. The van der Waals surface area contributed by atoms with Crippen LogP contribution in [-0.4, -0.2) is 54.9 Å². The van der Waals surface area contributed by atoms with Crippen LogP contribution in [0.1, 0.15) is 0 Å². The molecule has 104 valence electrons. The second kappa shape index (κ2) is 5.94. The molecule has 1 amide bonds. The van der Waals surface area contributed by atoms with E-state index in [1.165, 1.54) is 13.2 Å². The lowest BCUT2D eigenvalue weighted by Gasteiger charge is -2.17. The van der Waals surface area contributed by atoms with Crippen LogP contribution in [0.5, 0.6) is 0 Å². The van der Waals surface area contributed by atoms with Crippen molar-refractivity contribution in [1.82, 2.24) is 10.3 Å². The topological polar surface area (TPSA) is 74.7 Å². The van der Waals surface area contributed by atoms with Crippen LogP contribution in [0.3, 0.4) is 0 Å². The average Bonchev–Trinajstić information content (AvgIpc) is 2.72. The molecule has 2 heterocycles. The fraction of sp³-hybridized carbons (Fsp3) is 0.500. The van der Waals surface area contributed by atoms with Gasteiger partial charge in [-0.1, -0.05) is 0 Å². The number of nitrogens with one attached hydrogen (secondary N) is 1. The molecule has 0 unspecified atom stereocenters. The number of carbonyl (C=O) groups is 1. The van der Waals surface area contributed by atoms with Crippen molar-refractivity contribution in [2.24, 2.45) is 0 Å². The number of hydrogen-bond donors (Lipinski definition) is 2. The number of carbonyl (C=O) groups excluding carboxylic acids is 1. The van der Waals surface area contributed by atoms with Crippen molar-refractivity contribution < 1.29 is 19.0 Å². The van der Waals surface area contributed by atoms with Crippen molar-refractivity contribution in [1.29, 1.82) is 0 Å². The molecule has 1 fully saturated rings. The Morgan fingerprint density at radius 2 is 2.42 bits per heavy atom.